The molecule has 0 saturated carbocycles. The molecule has 0 radical (unpaired) electrons. The largest absolute Gasteiger partial charge is 0.493 e. The standard InChI is InChI=1S/C18H21NO2.C8H10N2O2.C2H6/c1-19(16-7-4-14(5-8-16)10-11-20)17-9-6-15-3-2-12-21-18(15)13-17;1-9-7-5-10-4-3-6(7)8(11)12-2;1-2/h4-9,13,20H,2-3,10-12H2,1H3;3-5,9H,1-2H3;1-2H3. The highest BCUT2D eigenvalue weighted by atomic mass is 16.5. The number of nitrogens with one attached hydrogen (secondary N) is 1. The third-order valence-electron chi connectivity index (χ3n) is 5.51. The van der Waals surface area contributed by atoms with Crippen LogP contribution in [-0.2, 0) is 17.6 Å². The Balaban J connectivity index is 0.000000263. The summed E-state index contributed by atoms with van der Waals surface area (Å²) in [7, 11) is 5.14. The molecule has 188 valence electrons. The summed E-state index contributed by atoms with van der Waals surface area (Å²) in [5.74, 6) is 0.657. The number of pyridine rings is 1. The zero-order valence-corrected chi connectivity index (χ0v) is 21.4. The molecular formula is C28H37N3O4. The molecule has 0 amide bonds. The van der Waals surface area contributed by atoms with Crippen LogP contribution in [0.15, 0.2) is 60.9 Å². The first-order chi connectivity index (χ1) is 17.1. The lowest BCUT2D eigenvalue weighted by molar-refractivity contribution is 0.0601. The molecule has 0 unspecified atom stereocenters. The van der Waals surface area contributed by atoms with Gasteiger partial charge in [-0.1, -0.05) is 32.0 Å². The maximum Gasteiger partial charge on any atom is 0.340 e. The molecule has 2 heterocycles. The zero-order chi connectivity index (χ0) is 25.6. The first-order valence-electron chi connectivity index (χ1n) is 12.0. The number of methoxy groups -OCH3 is 1. The number of rotatable bonds is 6. The topological polar surface area (TPSA) is 83.9 Å². The van der Waals surface area contributed by atoms with Crippen molar-refractivity contribution in [2.45, 2.75) is 33.1 Å². The lowest BCUT2D eigenvalue weighted by Gasteiger charge is -2.23. The highest BCUT2D eigenvalue weighted by Gasteiger charge is 2.13. The number of aliphatic hydroxyl groups excluding tert-OH is 1. The zero-order valence-electron chi connectivity index (χ0n) is 21.4. The molecule has 0 spiro atoms. The molecule has 0 atom stereocenters. The Labute approximate surface area is 208 Å². The number of benzene rings is 2. The van der Waals surface area contributed by atoms with E-state index in [1.807, 2.05) is 13.8 Å². The van der Waals surface area contributed by atoms with Gasteiger partial charge in [-0.05, 0) is 54.7 Å². The van der Waals surface area contributed by atoms with Crippen molar-refractivity contribution in [2.75, 3.05) is 44.6 Å². The van der Waals surface area contributed by atoms with Crippen LogP contribution < -0.4 is 15.0 Å². The van der Waals surface area contributed by atoms with Gasteiger partial charge in [0.05, 0.1) is 31.2 Å². The van der Waals surface area contributed by atoms with E-state index >= 15 is 0 Å². The van der Waals surface area contributed by atoms with Gasteiger partial charge in [-0.2, -0.15) is 0 Å². The molecule has 0 saturated heterocycles. The van der Waals surface area contributed by atoms with Gasteiger partial charge in [0, 0.05) is 44.3 Å². The smallest absolute Gasteiger partial charge is 0.340 e. The van der Waals surface area contributed by atoms with Crippen LogP contribution in [0.1, 0.15) is 41.8 Å². The summed E-state index contributed by atoms with van der Waals surface area (Å²) >= 11 is 0. The van der Waals surface area contributed by atoms with E-state index in [4.69, 9.17) is 9.84 Å². The lowest BCUT2D eigenvalue weighted by Crippen LogP contribution is -2.12. The molecule has 2 aromatic carbocycles. The molecule has 7 nitrogen and oxygen atoms in total. The van der Waals surface area contributed by atoms with Gasteiger partial charge in [0.1, 0.15) is 5.75 Å². The van der Waals surface area contributed by atoms with Crippen LogP contribution in [-0.4, -0.2) is 50.5 Å². The number of carbonyl (C=O) groups excluding carboxylic acids is 1. The van der Waals surface area contributed by atoms with Crippen molar-refractivity contribution in [1.29, 1.82) is 0 Å². The Morgan fingerprint density at radius 1 is 1.14 bits per heavy atom. The number of esters is 1. The Morgan fingerprint density at radius 2 is 1.86 bits per heavy atom. The summed E-state index contributed by atoms with van der Waals surface area (Å²) in [6.45, 7) is 5.01. The van der Waals surface area contributed by atoms with Crippen LogP contribution >= 0.6 is 0 Å². The van der Waals surface area contributed by atoms with Crippen LogP contribution in [0.5, 0.6) is 5.75 Å². The van der Waals surface area contributed by atoms with Crippen LogP contribution in [0.3, 0.4) is 0 Å². The van der Waals surface area contributed by atoms with Gasteiger partial charge in [-0.25, -0.2) is 4.79 Å². The molecular weight excluding hydrogens is 442 g/mol. The second kappa shape index (κ2) is 14.6. The van der Waals surface area contributed by atoms with Crippen LogP contribution in [0.25, 0.3) is 0 Å². The molecule has 1 aliphatic rings. The molecule has 0 bridgehead atoms. The number of aryl methyl sites for hydroxylation is 1. The van der Waals surface area contributed by atoms with E-state index in [1.165, 1.54) is 12.7 Å². The van der Waals surface area contributed by atoms with Gasteiger partial charge < -0.3 is 24.8 Å². The normalized spacial score (nSPS) is 11.4. The Morgan fingerprint density at radius 3 is 2.51 bits per heavy atom. The van der Waals surface area contributed by atoms with Crippen LogP contribution in [0.4, 0.5) is 17.1 Å². The summed E-state index contributed by atoms with van der Waals surface area (Å²) in [6.07, 6.45) is 6.04. The number of nitrogens with zero attached hydrogens (tertiary/aromatic N) is 2. The average Bonchev–Trinajstić information content (AvgIpc) is 2.94. The minimum atomic E-state index is -0.359. The summed E-state index contributed by atoms with van der Waals surface area (Å²) in [4.78, 5) is 17.1. The second-order valence-corrected chi connectivity index (χ2v) is 7.61. The average molecular weight is 480 g/mol. The summed E-state index contributed by atoms with van der Waals surface area (Å²) in [5.41, 5.74) is 5.89. The van der Waals surface area contributed by atoms with Crippen LogP contribution in [0.2, 0.25) is 0 Å². The minimum absolute atomic E-state index is 0.192. The third kappa shape index (κ3) is 7.72. The molecule has 1 aromatic heterocycles. The van der Waals surface area contributed by atoms with Crippen LogP contribution in [0, 0.1) is 0 Å². The maximum atomic E-state index is 11.1. The fourth-order valence-corrected chi connectivity index (χ4v) is 3.58. The van der Waals surface area contributed by atoms with Crippen molar-refractivity contribution in [3.8, 4) is 5.75 Å². The number of ether oxygens (including phenoxy) is 2. The molecule has 0 fully saturated rings. The number of fused-ring (bicyclic) bond motifs is 1. The molecule has 7 heteroatoms. The highest BCUT2D eigenvalue weighted by Crippen LogP contribution is 2.32. The molecule has 0 aliphatic carbocycles. The summed E-state index contributed by atoms with van der Waals surface area (Å²) < 4.78 is 10.3. The van der Waals surface area contributed by atoms with Crippen molar-refractivity contribution in [3.05, 3.63) is 77.6 Å². The molecule has 2 N–H and O–H groups in total. The van der Waals surface area contributed by atoms with Crippen molar-refractivity contribution >= 4 is 23.0 Å². The lowest BCUT2D eigenvalue weighted by atomic mass is 10.1. The number of anilines is 3. The predicted molar refractivity (Wildman–Crippen MR) is 142 cm³/mol. The minimum Gasteiger partial charge on any atom is -0.493 e. The number of hydrogen-bond donors (Lipinski definition) is 2. The van der Waals surface area contributed by atoms with Gasteiger partial charge >= 0.3 is 5.97 Å². The summed E-state index contributed by atoms with van der Waals surface area (Å²) in [5, 5.41) is 11.8. The number of carbonyl (C=O) groups is 1. The van der Waals surface area contributed by atoms with Crippen molar-refractivity contribution in [2.24, 2.45) is 0 Å². The van der Waals surface area contributed by atoms with Gasteiger partial charge in [0.2, 0.25) is 0 Å². The van der Waals surface area contributed by atoms with E-state index in [1.54, 1.807) is 25.5 Å². The molecule has 35 heavy (non-hydrogen) atoms. The van der Waals surface area contributed by atoms with Crippen molar-refractivity contribution < 1.29 is 19.4 Å². The number of aromatic nitrogens is 1. The molecule has 1 aliphatic heterocycles. The van der Waals surface area contributed by atoms with E-state index in [-0.39, 0.29) is 12.6 Å². The summed E-state index contributed by atoms with van der Waals surface area (Å²) in [6, 6.07) is 16.4. The van der Waals surface area contributed by atoms with E-state index in [0.29, 0.717) is 17.7 Å². The van der Waals surface area contributed by atoms with Gasteiger partial charge in [-0.3, -0.25) is 4.98 Å². The fourth-order valence-electron chi connectivity index (χ4n) is 3.58. The predicted octanol–water partition coefficient (Wildman–Crippen LogP) is 5.25. The molecule has 3 aromatic rings. The molecule has 4 rings (SSSR count). The van der Waals surface area contributed by atoms with E-state index in [9.17, 15) is 4.79 Å². The Bertz CT molecular complexity index is 1050. The number of aliphatic hydroxyl groups is 1. The van der Waals surface area contributed by atoms with Gasteiger partial charge in [0.15, 0.2) is 0 Å². The SMILES string of the molecule is CC.CN(c1ccc(CCO)cc1)c1ccc2c(c1)OCCC2.CNc1cnccc1C(=O)OC. The number of hydrogen-bond acceptors (Lipinski definition) is 7. The van der Waals surface area contributed by atoms with Crippen molar-refractivity contribution in [1.82, 2.24) is 4.98 Å². The van der Waals surface area contributed by atoms with E-state index in [2.05, 4.69) is 69.4 Å². The van der Waals surface area contributed by atoms with Gasteiger partial charge in [-0.15, -0.1) is 0 Å². The Hall–Kier alpha value is -3.58. The van der Waals surface area contributed by atoms with Gasteiger partial charge in [0.25, 0.3) is 0 Å². The quantitative estimate of drug-likeness (QED) is 0.467. The Kier molecular flexibility index (Phi) is 11.6. The second-order valence-electron chi connectivity index (χ2n) is 7.61. The third-order valence-corrected chi connectivity index (χ3v) is 5.51. The van der Waals surface area contributed by atoms with Crippen molar-refractivity contribution in [3.63, 3.8) is 0 Å². The first kappa shape index (κ1) is 27.7. The van der Waals surface area contributed by atoms with E-state index < -0.39 is 0 Å². The highest BCUT2D eigenvalue weighted by molar-refractivity contribution is 5.95. The maximum absolute atomic E-state index is 11.1. The van der Waals surface area contributed by atoms with E-state index in [0.717, 1.165) is 42.1 Å². The fraction of sp³-hybridized carbons (Fsp3) is 0.357. The monoisotopic (exact) mass is 479 g/mol. The first-order valence-corrected chi connectivity index (χ1v) is 12.0.